The molecule has 0 amide bonds. The molecule has 1 aromatic rings. The third kappa shape index (κ3) is 7.47. The minimum Gasteiger partial charge on any atom is -0.304 e. The van der Waals surface area contributed by atoms with E-state index < -0.39 is 0 Å². The van der Waals surface area contributed by atoms with Crippen LogP contribution in [-0.4, -0.2) is 28.7 Å². The van der Waals surface area contributed by atoms with Crippen molar-refractivity contribution in [2.75, 3.05) is 19.6 Å². The number of nitrogens with zero attached hydrogens (tertiary/aromatic N) is 1. The molecule has 0 unspecified atom stereocenters. The fourth-order valence-corrected chi connectivity index (χ4v) is 1.55. The molecule has 1 rings (SSSR count). The van der Waals surface area contributed by atoms with Crippen LogP contribution in [0, 0.1) is 5.82 Å². The van der Waals surface area contributed by atoms with E-state index in [1.54, 1.807) is 12.1 Å². The Morgan fingerprint density at radius 3 is 1.76 bits per heavy atom. The molecule has 0 aliphatic carbocycles. The first-order valence-corrected chi connectivity index (χ1v) is 6.61. The molecule has 1 aromatic carbocycles. The van der Waals surface area contributed by atoms with Gasteiger partial charge in [0.2, 0.25) is 0 Å². The standard InChI is InChI=1S/C7H5FS2.C6H15N/c8-6-3-1-5(2-4-6)7(9)10;1-4-7(5-2)6-3/h1-4H,(H,9,10);4-6H2,1-3H3. The molecule has 0 aromatic heterocycles. The quantitative estimate of drug-likeness (QED) is 0.657. The largest absolute Gasteiger partial charge is 0.304 e. The van der Waals surface area contributed by atoms with Crippen molar-refractivity contribution < 1.29 is 4.39 Å². The molecule has 0 atom stereocenters. The first-order chi connectivity index (χ1) is 8.04. The predicted molar refractivity (Wildman–Crippen MR) is 80.5 cm³/mol. The first-order valence-electron chi connectivity index (χ1n) is 5.76. The smallest absolute Gasteiger partial charge is 0.123 e. The van der Waals surface area contributed by atoms with Gasteiger partial charge in [0.1, 0.15) is 5.82 Å². The van der Waals surface area contributed by atoms with Gasteiger partial charge in [-0.05, 0) is 37.3 Å². The van der Waals surface area contributed by atoms with Crippen LogP contribution in [0.1, 0.15) is 26.3 Å². The minimum atomic E-state index is -0.256. The van der Waals surface area contributed by atoms with Crippen molar-refractivity contribution in [3.63, 3.8) is 0 Å². The zero-order valence-corrected chi connectivity index (χ0v) is 12.3. The zero-order valence-electron chi connectivity index (χ0n) is 10.6. The summed E-state index contributed by atoms with van der Waals surface area (Å²) in [7, 11) is 0. The predicted octanol–water partition coefficient (Wildman–Crippen LogP) is 3.78. The molecular weight excluding hydrogens is 253 g/mol. The third-order valence-electron chi connectivity index (χ3n) is 2.43. The van der Waals surface area contributed by atoms with Crippen molar-refractivity contribution in [2.24, 2.45) is 0 Å². The first kappa shape index (κ1) is 16.6. The van der Waals surface area contributed by atoms with Crippen molar-refractivity contribution in [1.82, 2.24) is 4.90 Å². The molecular formula is C13H20FNS2. The fraction of sp³-hybridized carbons (Fsp3) is 0.462. The lowest BCUT2D eigenvalue weighted by molar-refractivity contribution is 0.321. The number of thiocarbonyl (C=S) groups is 1. The van der Waals surface area contributed by atoms with Crippen LogP contribution in [0.4, 0.5) is 4.39 Å². The zero-order chi connectivity index (χ0) is 13.3. The minimum absolute atomic E-state index is 0.256. The molecule has 1 nitrogen and oxygen atoms in total. The molecule has 96 valence electrons. The molecule has 0 saturated heterocycles. The van der Waals surface area contributed by atoms with E-state index in [4.69, 9.17) is 12.2 Å². The van der Waals surface area contributed by atoms with E-state index in [0.29, 0.717) is 4.20 Å². The van der Waals surface area contributed by atoms with Gasteiger partial charge in [0.25, 0.3) is 0 Å². The van der Waals surface area contributed by atoms with Gasteiger partial charge in [-0.15, -0.1) is 12.6 Å². The van der Waals surface area contributed by atoms with E-state index in [0.717, 1.165) is 5.56 Å². The lowest BCUT2D eigenvalue weighted by atomic mass is 10.2. The van der Waals surface area contributed by atoms with Crippen LogP contribution in [-0.2, 0) is 0 Å². The highest BCUT2D eigenvalue weighted by Crippen LogP contribution is 2.05. The van der Waals surface area contributed by atoms with E-state index in [1.165, 1.54) is 31.8 Å². The Labute approximate surface area is 114 Å². The molecule has 0 bridgehead atoms. The third-order valence-corrected chi connectivity index (χ3v) is 2.93. The summed E-state index contributed by atoms with van der Waals surface area (Å²) in [5.41, 5.74) is 0.778. The molecule has 0 spiro atoms. The lowest BCUT2D eigenvalue weighted by Crippen LogP contribution is -2.21. The number of hydrogen-bond acceptors (Lipinski definition) is 2. The second-order valence-electron chi connectivity index (χ2n) is 3.43. The highest BCUT2D eigenvalue weighted by Gasteiger charge is 1.94. The van der Waals surface area contributed by atoms with E-state index in [1.807, 2.05) is 0 Å². The Balaban J connectivity index is 0.000000325. The topological polar surface area (TPSA) is 3.24 Å². The van der Waals surface area contributed by atoms with Crippen LogP contribution < -0.4 is 0 Å². The van der Waals surface area contributed by atoms with Crippen molar-refractivity contribution in [3.05, 3.63) is 35.6 Å². The molecule has 0 aliphatic heterocycles. The van der Waals surface area contributed by atoms with E-state index in [-0.39, 0.29) is 5.82 Å². The van der Waals surface area contributed by atoms with Crippen LogP contribution in [0.25, 0.3) is 0 Å². The molecule has 0 N–H and O–H groups in total. The van der Waals surface area contributed by atoms with Crippen LogP contribution in [0.15, 0.2) is 24.3 Å². The summed E-state index contributed by atoms with van der Waals surface area (Å²) in [5, 5.41) is 0. The summed E-state index contributed by atoms with van der Waals surface area (Å²) in [4.78, 5) is 2.38. The summed E-state index contributed by atoms with van der Waals surface area (Å²) in [6.07, 6.45) is 0. The average molecular weight is 273 g/mol. The van der Waals surface area contributed by atoms with E-state index in [9.17, 15) is 4.39 Å². The van der Waals surface area contributed by atoms with E-state index in [2.05, 4.69) is 38.3 Å². The Morgan fingerprint density at radius 2 is 1.53 bits per heavy atom. The van der Waals surface area contributed by atoms with Crippen molar-refractivity contribution in [2.45, 2.75) is 20.8 Å². The Kier molecular flexibility index (Phi) is 9.31. The fourth-order valence-electron chi connectivity index (χ4n) is 1.26. The number of halogens is 1. The normalized spacial score (nSPS) is 9.76. The molecule has 0 heterocycles. The number of benzene rings is 1. The highest BCUT2D eigenvalue weighted by atomic mass is 32.1. The van der Waals surface area contributed by atoms with Gasteiger partial charge < -0.3 is 4.90 Å². The average Bonchev–Trinajstić information content (AvgIpc) is 2.32. The van der Waals surface area contributed by atoms with Crippen LogP contribution in [0.2, 0.25) is 0 Å². The van der Waals surface area contributed by atoms with Crippen LogP contribution >= 0.6 is 24.8 Å². The number of hydrogen-bond donors (Lipinski definition) is 1. The Hall–Kier alpha value is -0.450. The maximum Gasteiger partial charge on any atom is 0.123 e. The van der Waals surface area contributed by atoms with Crippen LogP contribution in [0.5, 0.6) is 0 Å². The van der Waals surface area contributed by atoms with Gasteiger partial charge in [-0.3, -0.25) is 0 Å². The summed E-state index contributed by atoms with van der Waals surface area (Å²) in [6, 6.07) is 5.92. The van der Waals surface area contributed by atoms with E-state index >= 15 is 0 Å². The Bertz CT molecular complexity index is 315. The van der Waals surface area contributed by atoms with Gasteiger partial charge in [-0.25, -0.2) is 4.39 Å². The number of thiol groups is 1. The molecule has 0 saturated carbocycles. The summed E-state index contributed by atoms with van der Waals surface area (Å²) in [6.45, 7) is 10.1. The van der Waals surface area contributed by atoms with Crippen molar-refractivity contribution in [3.8, 4) is 0 Å². The molecule has 0 fully saturated rings. The van der Waals surface area contributed by atoms with Gasteiger partial charge >= 0.3 is 0 Å². The monoisotopic (exact) mass is 273 g/mol. The van der Waals surface area contributed by atoms with Gasteiger partial charge in [-0.1, -0.05) is 45.1 Å². The van der Waals surface area contributed by atoms with Gasteiger partial charge in [0.15, 0.2) is 0 Å². The second-order valence-corrected chi connectivity index (χ2v) is 4.59. The summed E-state index contributed by atoms with van der Waals surface area (Å²) < 4.78 is 12.8. The SMILES string of the molecule is CCN(CC)CC.Fc1ccc(C(=S)S)cc1. The summed E-state index contributed by atoms with van der Waals surface area (Å²) >= 11 is 8.68. The van der Waals surface area contributed by atoms with Gasteiger partial charge in [-0.2, -0.15) is 0 Å². The molecule has 0 radical (unpaired) electrons. The number of rotatable bonds is 4. The maximum absolute atomic E-state index is 12.3. The maximum atomic E-state index is 12.3. The molecule has 0 aliphatic rings. The van der Waals surface area contributed by atoms with Gasteiger partial charge in [0, 0.05) is 0 Å². The van der Waals surface area contributed by atoms with Crippen molar-refractivity contribution >= 4 is 29.0 Å². The lowest BCUT2D eigenvalue weighted by Gasteiger charge is -2.13. The van der Waals surface area contributed by atoms with Gasteiger partial charge in [0.05, 0.1) is 4.20 Å². The van der Waals surface area contributed by atoms with Crippen LogP contribution in [0.3, 0.4) is 0 Å². The second kappa shape index (κ2) is 9.57. The molecule has 17 heavy (non-hydrogen) atoms. The highest BCUT2D eigenvalue weighted by molar-refractivity contribution is 8.11. The van der Waals surface area contributed by atoms with Crippen molar-refractivity contribution in [1.29, 1.82) is 0 Å². The summed E-state index contributed by atoms with van der Waals surface area (Å²) in [5.74, 6) is -0.256. The Morgan fingerprint density at radius 1 is 1.12 bits per heavy atom. The molecule has 4 heteroatoms.